The van der Waals surface area contributed by atoms with E-state index in [9.17, 15) is 0 Å². The second kappa shape index (κ2) is 5.43. The van der Waals surface area contributed by atoms with Crippen LogP contribution in [0.3, 0.4) is 0 Å². The van der Waals surface area contributed by atoms with E-state index < -0.39 is 0 Å². The molecule has 0 saturated carbocycles. The fourth-order valence-corrected chi connectivity index (χ4v) is 1.36. The average Bonchev–Trinajstić information content (AvgIpc) is 2.28. The molecule has 84 valence electrons. The third kappa shape index (κ3) is 2.51. The highest BCUT2D eigenvalue weighted by atomic mass is 16.5. The number of hydrogen-bond acceptors (Lipinski definition) is 5. The van der Waals surface area contributed by atoms with Crippen molar-refractivity contribution in [1.29, 1.82) is 0 Å². The van der Waals surface area contributed by atoms with Gasteiger partial charge in [0.25, 0.3) is 0 Å². The Hall–Kier alpha value is -1.46. The smallest absolute Gasteiger partial charge is 0.203 e. The van der Waals surface area contributed by atoms with Crippen LogP contribution in [0.2, 0.25) is 0 Å². The number of nitrogens with one attached hydrogen (secondary N) is 1. The Balaban J connectivity index is 3.16. The number of benzene rings is 1. The van der Waals surface area contributed by atoms with Crippen LogP contribution >= 0.6 is 0 Å². The minimum Gasteiger partial charge on any atom is -0.493 e. The van der Waals surface area contributed by atoms with Crippen LogP contribution in [0, 0.1) is 0 Å². The van der Waals surface area contributed by atoms with Gasteiger partial charge in [-0.2, -0.15) is 0 Å². The molecule has 1 aromatic rings. The molecule has 0 saturated heterocycles. The highest BCUT2D eigenvalue weighted by Gasteiger charge is 2.12. The molecule has 3 N–H and O–H groups in total. The highest BCUT2D eigenvalue weighted by molar-refractivity contribution is 5.53. The molecule has 0 unspecified atom stereocenters. The number of rotatable bonds is 5. The summed E-state index contributed by atoms with van der Waals surface area (Å²) < 4.78 is 15.6. The molecule has 5 nitrogen and oxygen atoms in total. The first kappa shape index (κ1) is 11.6. The van der Waals surface area contributed by atoms with Gasteiger partial charge >= 0.3 is 0 Å². The van der Waals surface area contributed by atoms with Gasteiger partial charge in [0.15, 0.2) is 11.5 Å². The van der Waals surface area contributed by atoms with Crippen molar-refractivity contribution in [3.63, 3.8) is 0 Å². The molecule has 1 aromatic carbocycles. The van der Waals surface area contributed by atoms with E-state index in [1.807, 2.05) is 12.1 Å². The zero-order valence-electron chi connectivity index (χ0n) is 9.16. The number of hydrazine groups is 1. The number of methoxy groups -OCH3 is 3. The summed E-state index contributed by atoms with van der Waals surface area (Å²) >= 11 is 0. The van der Waals surface area contributed by atoms with Crippen LogP contribution in [-0.2, 0) is 6.54 Å². The van der Waals surface area contributed by atoms with Gasteiger partial charge in [0, 0.05) is 6.54 Å². The Bertz CT molecular complexity index is 303. The predicted molar refractivity (Wildman–Crippen MR) is 57.1 cm³/mol. The summed E-state index contributed by atoms with van der Waals surface area (Å²) in [6.07, 6.45) is 0. The zero-order valence-corrected chi connectivity index (χ0v) is 9.16. The van der Waals surface area contributed by atoms with Crippen LogP contribution in [0.15, 0.2) is 12.1 Å². The van der Waals surface area contributed by atoms with Gasteiger partial charge in [-0.15, -0.1) is 0 Å². The van der Waals surface area contributed by atoms with E-state index in [0.29, 0.717) is 23.8 Å². The van der Waals surface area contributed by atoms with Crippen molar-refractivity contribution < 1.29 is 14.2 Å². The first-order valence-electron chi connectivity index (χ1n) is 4.49. The summed E-state index contributed by atoms with van der Waals surface area (Å²) in [5.41, 5.74) is 3.54. The molecule has 0 heterocycles. The van der Waals surface area contributed by atoms with Gasteiger partial charge in [0.2, 0.25) is 5.75 Å². The van der Waals surface area contributed by atoms with E-state index in [1.165, 1.54) is 0 Å². The standard InChI is InChI=1S/C10H16N2O3/c1-13-8-4-7(6-12-11)5-9(14-2)10(8)15-3/h4-5,12H,6,11H2,1-3H3. The lowest BCUT2D eigenvalue weighted by atomic mass is 10.2. The molecule has 5 heteroatoms. The molecule has 0 bridgehead atoms. The number of hydrogen-bond donors (Lipinski definition) is 2. The third-order valence-electron chi connectivity index (χ3n) is 2.03. The second-order valence-electron chi connectivity index (χ2n) is 2.91. The quantitative estimate of drug-likeness (QED) is 0.555. The lowest BCUT2D eigenvalue weighted by molar-refractivity contribution is 0.323. The molecule has 0 amide bonds. The first-order valence-corrected chi connectivity index (χ1v) is 4.49. The summed E-state index contributed by atoms with van der Waals surface area (Å²) in [6.45, 7) is 0.538. The maximum atomic E-state index is 5.25. The molecule has 0 aliphatic heterocycles. The third-order valence-corrected chi connectivity index (χ3v) is 2.03. The predicted octanol–water partition coefficient (Wildman–Crippen LogP) is 0.676. The summed E-state index contributed by atoms with van der Waals surface area (Å²) in [5, 5.41) is 0. The van der Waals surface area contributed by atoms with Crippen molar-refractivity contribution in [2.75, 3.05) is 21.3 Å². The van der Waals surface area contributed by atoms with Crippen LogP contribution in [0.4, 0.5) is 0 Å². The molecular weight excluding hydrogens is 196 g/mol. The molecular formula is C10H16N2O3. The number of nitrogens with two attached hydrogens (primary N) is 1. The summed E-state index contributed by atoms with van der Waals surface area (Å²) in [6, 6.07) is 3.70. The summed E-state index contributed by atoms with van der Waals surface area (Å²) in [4.78, 5) is 0. The maximum Gasteiger partial charge on any atom is 0.203 e. The fraction of sp³-hybridized carbons (Fsp3) is 0.400. The van der Waals surface area contributed by atoms with E-state index >= 15 is 0 Å². The van der Waals surface area contributed by atoms with Crippen molar-refractivity contribution in [3.05, 3.63) is 17.7 Å². The Labute approximate surface area is 89.1 Å². The van der Waals surface area contributed by atoms with Crippen LogP contribution in [0.1, 0.15) is 5.56 Å². The Morgan fingerprint density at radius 3 is 1.93 bits per heavy atom. The normalized spacial score (nSPS) is 9.87. The van der Waals surface area contributed by atoms with Gasteiger partial charge in [0.05, 0.1) is 21.3 Å². The van der Waals surface area contributed by atoms with Crippen molar-refractivity contribution in [2.45, 2.75) is 6.54 Å². The largest absolute Gasteiger partial charge is 0.493 e. The molecule has 0 aliphatic rings. The lowest BCUT2D eigenvalue weighted by Crippen LogP contribution is -2.20. The molecule has 0 fully saturated rings. The van der Waals surface area contributed by atoms with Gasteiger partial charge in [0.1, 0.15) is 0 Å². The molecule has 0 radical (unpaired) electrons. The second-order valence-corrected chi connectivity index (χ2v) is 2.91. The monoisotopic (exact) mass is 212 g/mol. The average molecular weight is 212 g/mol. The molecule has 1 rings (SSSR count). The highest BCUT2D eigenvalue weighted by Crippen LogP contribution is 2.37. The molecule has 0 aromatic heterocycles. The summed E-state index contributed by atoms with van der Waals surface area (Å²) in [5.74, 6) is 7.09. The van der Waals surface area contributed by atoms with Gasteiger partial charge in [-0.05, 0) is 17.7 Å². The fourth-order valence-electron chi connectivity index (χ4n) is 1.36. The van der Waals surface area contributed by atoms with E-state index in [4.69, 9.17) is 20.1 Å². The van der Waals surface area contributed by atoms with Gasteiger partial charge in [-0.3, -0.25) is 11.3 Å². The number of ether oxygens (including phenoxy) is 3. The molecule has 15 heavy (non-hydrogen) atoms. The molecule has 0 aliphatic carbocycles. The SMILES string of the molecule is COc1cc(CNN)cc(OC)c1OC. The van der Waals surface area contributed by atoms with E-state index in [2.05, 4.69) is 5.43 Å². The molecule has 0 atom stereocenters. The first-order chi connectivity index (χ1) is 7.26. The Kier molecular flexibility index (Phi) is 4.20. The van der Waals surface area contributed by atoms with Crippen molar-refractivity contribution in [1.82, 2.24) is 5.43 Å². The Morgan fingerprint density at radius 2 is 1.60 bits per heavy atom. The van der Waals surface area contributed by atoms with E-state index in [-0.39, 0.29) is 0 Å². The van der Waals surface area contributed by atoms with Crippen LogP contribution in [0.5, 0.6) is 17.2 Å². The van der Waals surface area contributed by atoms with Crippen molar-refractivity contribution in [2.24, 2.45) is 5.84 Å². The molecule has 0 spiro atoms. The van der Waals surface area contributed by atoms with Gasteiger partial charge in [-0.25, -0.2) is 0 Å². The summed E-state index contributed by atoms with van der Waals surface area (Å²) in [7, 11) is 4.73. The zero-order chi connectivity index (χ0) is 11.3. The van der Waals surface area contributed by atoms with Crippen molar-refractivity contribution in [3.8, 4) is 17.2 Å². The van der Waals surface area contributed by atoms with Crippen LogP contribution in [0.25, 0.3) is 0 Å². The van der Waals surface area contributed by atoms with Crippen LogP contribution in [-0.4, -0.2) is 21.3 Å². The van der Waals surface area contributed by atoms with E-state index in [0.717, 1.165) is 5.56 Å². The van der Waals surface area contributed by atoms with Crippen molar-refractivity contribution >= 4 is 0 Å². The van der Waals surface area contributed by atoms with Crippen LogP contribution < -0.4 is 25.5 Å². The maximum absolute atomic E-state index is 5.25. The topological polar surface area (TPSA) is 65.7 Å². The van der Waals surface area contributed by atoms with E-state index in [1.54, 1.807) is 21.3 Å². The minimum atomic E-state index is 0.538. The van der Waals surface area contributed by atoms with Gasteiger partial charge < -0.3 is 14.2 Å². The minimum absolute atomic E-state index is 0.538. The Morgan fingerprint density at radius 1 is 1.07 bits per heavy atom. The van der Waals surface area contributed by atoms with Gasteiger partial charge in [-0.1, -0.05) is 0 Å². The lowest BCUT2D eigenvalue weighted by Gasteiger charge is -2.13.